The molecule has 2 aromatic heterocycles. The fourth-order valence-corrected chi connectivity index (χ4v) is 2.49. The third-order valence-corrected chi connectivity index (χ3v) is 3.73. The number of ketones is 1. The summed E-state index contributed by atoms with van der Waals surface area (Å²) in [6, 6.07) is 11.5. The highest BCUT2D eigenvalue weighted by atomic mass is 16.5. The van der Waals surface area contributed by atoms with Gasteiger partial charge in [-0.15, -0.1) is 0 Å². The summed E-state index contributed by atoms with van der Waals surface area (Å²) in [6.45, 7) is 2.25. The van der Waals surface area contributed by atoms with Crippen molar-refractivity contribution in [1.29, 1.82) is 0 Å². The van der Waals surface area contributed by atoms with Crippen molar-refractivity contribution in [2.24, 2.45) is 7.05 Å². The maximum Gasteiger partial charge on any atom is 0.189 e. The van der Waals surface area contributed by atoms with Crippen LogP contribution in [0.25, 0.3) is 6.08 Å². The minimum Gasteiger partial charge on any atom is -0.488 e. The van der Waals surface area contributed by atoms with Crippen LogP contribution in [0.2, 0.25) is 0 Å². The molecule has 0 saturated heterocycles. The Morgan fingerprint density at radius 3 is 2.80 bits per heavy atom. The standard InChI is InChI=1S/C20H19N3O2/c1-15-18(13-23(2)22-15)19(24)10-9-17-7-3-4-8-20(17)25-14-16-6-5-11-21-12-16/h3-13H,14H2,1-2H3/b10-9+. The lowest BCUT2D eigenvalue weighted by Crippen LogP contribution is -1.98. The van der Waals surface area contributed by atoms with Gasteiger partial charge in [-0.2, -0.15) is 5.10 Å². The zero-order chi connectivity index (χ0) is 17.6. The molecule has 3 aromatic rings. The molecule has 126 valence electrons. The van der Waals surface area contributed by atoms with Crippen LogP contribution in [0.15, 0.2) is 61.1 Å². The van der Waals surface area contributed by atoms with E-state index in [4.69, 9.17) is 4.74 Å². The second kappa shape index (κ2) is 7.57. The highest BCUT2D eigenvalue weighted by molar-refractivity contribution is 6.07. The van der Waals surface area contributed by atoms with Crippen LogP contribution in [0.1, 0.15) is 27.2 Å². The van der Waals surface area contributed by atoms with Gasteiger partial charge >= 0.3 is 0 Å². The van der Waals surface area contributed by atoms with Crippen molar-refractivity contribution in [1.82, 2.24) is 14.8 Å². The summed E-state index contributed by atoms with van der Waals surface area (Å²) in [6.07, 6.45) is 8.55. The van der Waals surface area contributed by atoms with Gasteiger partial charge in [0.05, 0.1) is 11.3 Å². The molecule has 0 aliphatic heterocycles. The van der Waals surface area contributed by atoms with Gasteiger partial charge in [0.1, 0.15) is 12.4 Å². The molecule has 0 atom stereocenters. The molecule has 2 heterocycles. The first-order chi connectivity index (χ1) is 12.1. The molecule has 0 amide bonds. The molecule has 0 N–H and O–H groups in total. The smallest absolute Gasteiger partial charge is 0.189 e. The third-order valence-electron chi connectivity index (χ3n) is 3.73. The molecule has 5 nitrogen and oxygen atoms in total. The van der Waals surface area contributed by atoms with Crippen LogP contribution < -0.4 is 4.74 Å². The number of nitrogens with zero attached hydrogens (tertiary/aromatic N) is 3. The number of pyridine rings is 1. The maximum absolute atomic E-state index is 12.4. The third kappa shape index (κ3) is 4.20. The number of para-hydroxylation sites is 1. The van der Waals surface area contributed by atoms with E-state index in [9.17, 15) is 4.79 Å². The number of benzene rings is 1. The number of aryl methyl sites for hydroxylation is 2. The highest BCUT2D eigenvalue weighted by Crippen LogP contribution is 2.21. The van der Waals surface area contributed by atoms with Gasteiger partial charge in [-0.05, 0) is 31.2 Å². The lowest BCUT2D eigenvalue weighted by atomic mass is 10.1. The van der Waals surface area contributed by atoms with E-state index in [1.165, 1.54) is 0 Å². The van der Waals surface area contributed by atoms with Crippen LogP contribution in [0, 0.1) is 6.92 Å². The summed E-state index contributed by atoms with van der Waals surface area (Å²) in [5, 5.41) is 4.20. The largest absolute Gasteiger partial charge is 0.488 e. The summed E-state index contributed by atoms with van der Waals surface area (Å²) >= 11 is 0. The van der Waals surface area contributed by atoms with Crippen molar-refractivity contribution >= 4 is 11.9 Å². The fourth-order valence-electron chi connectivity index (χ4n) is 2.49. The first-order valence-electron chi connectivity index (χ1n) is 7.97. The molecule has 0 aliphatic carbocycles. The van der Waals surface area contributed by atoms with Crippen molar-refractivity contribution < 1.29 is 9.53 Å². The minimum atomic E-state index is -0.0762. The molecule has 1 aromatic carbocycles. The van der Waals surface area contributed by atoms with Crippen LogP contribution in [0.4, 0.5) is 0 Å². The Morgan fingerprint density at radius 1 is 1.24 bits per heavy atom. The Kier molecular flexibility index (Phi) is 5.04. The number of aromatic nitrogens is 3. The zero-order valence-electron chi connectivity index (χ0n) is 14.2. The van der Waals surface area contributed by atoms with E-state index in [-0.39, 0.29) is 5.78 Å². The number of hydrogen-bond acceptors (Lipinski definition) is 4. The van der Waals surface area contributed by atoms with E-state index in [2.05, 4.69) is 10.1 Å². The lowest BCUT2D eigenvalue weighted by Gasteiger charge is -2.08. The molecular formula is C20H19N3O2. The van der Waals surface area contributed by atoms with Crippen LogP contribution in [-0.4, -0.2) is 20.5 Å². The average molecular weight is 333 g/mol. The van der Waals surface area contributed by atoms with Gasteiger partial charge in [-0.25, -0.2) is 0 Å². The van der Waals surface area contributed by atoms with Crippen molar-refractivity contribution in [3.8, 4) is 5.75 Å². The van der Waals surface area contributed by atoms with Gasteiger partial charge < -0.3 is 4.74 Å². The van der Waals surface area contributed by atoms with Gasteiger partial charge in [-0.1, -0.05) is 24.3 Å². The minimum absolute atomic E-state index is 0.0762. The van der Waals surface area contributed by atoms with E-state index < -0.39 is 0 Å². The molecule has 3 rings (SSSR count). The maximum atomic E-state index is 12.4. The van der Waals surface area contributed by atoms with Crippen LogP contribution in [0.3, 0.4) is 0 Å². The van der Waals surface area contributed by atoms with E-state index >= 15 is 0 Å². The second-order valence-corrected chi connectivity index (χ2v) is 5.69. The number of ether oxygens (including phenoxy) is 1. The van der Waals surface area contributed by atoms with E-state index in [0.717, 1.165) is 22.6 Å². The van der Waals surface area contributed by atoms with Crippen LogP contribution in [0.5, 0.6) is 5.75 Å². The van der Waals surface area contributed by atoms with Crippen LogP contribution >= 0.6 is 0 Å². The first kappa shape index (κ1) is 16.6. The van der Waals surface area contributed by atoms with E-state index in [1.807, 2.05) is 43.3 Å². The van der Waals surface area contributed by atoms with Gasteiger partial charge in [0.25, 0.3) is 0 Å². The topological polar surface area (TPSA) is 57.0 Å². The molecule has 5 heteroatoms. The SMILES string of the molecule is Cc1nn(C)cc1C(=O)/C=C/c1ccccc1OCc1cccnc1. The summed E-state index contributed by atoms with van der Waals surface area (Å²) in [7, 11) is 1.80. The van der Waals surface area contributed by atoms with Crippen LogP contribution in [-0.2, 0) is 13.7 Å². The molecule has 0 saturated carbocycles. The van der Waals surface area contributed by atoms with Gasteiger partial charge in [-0.3, -0.25) is 14.5 Å². The van der Waals surface area contributed by atoms with E-state index in [0.29, 0.717) is 12.2 Å². The van der Waals surface area contributed by atoms with Crippen molar-refractivity contribution in [3.05, 3.63) is 83.4 Å². The van der Waals surface area contributed by atoms with Gasteiger partial charge in [0.15, 0.2) is 5.78 Å². The number of carbonyl (C=O) groups is 1. The normalized spacial score (nSPS) is 11.0. The number of carbonyl (C=O) groups excluding carboxylic acids is 1. The lowest BCUT2D eigenvalue weighted by molar-refractivity contribution is 0.104. The monoisotopic (exact) mass is 333 g/mol. The van der Waals surface area contributed by atoms with E-state index in [1.54, 1.807) is 42.5 Å². The van der Waals surface area contributed by atoms with Crippen molar-refractivity contribution in [3.63, 3.8) is 0 Å². The van der Waals surface area contributed by atoms with Gasteiger partial charge in [0, 0.05) is 36.8 Å². The quantitative estimate of drug-likeness (QED) is 0.511. The fraction of sp³-hybridized carbons (Fsp3) is 0.150. The molecule has 25 heavy (non-hydrogen) atoms. The Balaban J connectivity index is 1.74. The summed E-state index contributed by atoms with van der Waals surface area (Å²) in [5.41, 5.74) is 3.16. The molecule has 0 bridgehead atoms. The zero-order valence-corrected chi connectivity index (χ0v) is 14.2. The first-order valence-corrected chi connectivity index (χ1v) is 7.97. The Labute approximate surface area is 146 Å². The molecule has 0 spiro atoms. The second-order valence-electron chi connectivity index (χ2n) is 5.69. The molecule has 0 radical (unpaired) electrons. The summed E-state index contributed by atoms with van der Waals surface area (Å²) in [4.78, 5) is 16.4. The molecule has 0 unspecified atom stereocenters. The van der Waals surface area contributed by atoms with Crippen molar-refractivity contribution in [2.75, 3.05) is 0 Å². The van der Waals surface area contributed by atoms with Gasteiger partial charge in [0.2, 0.25) is 0 Å². The predicted octanol–water partition coefficient (Wildman–Crippen LogP) is 3.60. The Hall–Kier alpha value is -3.21. The molecule has 0 aliphatic rings. The number of rotatable bonds is 6. The highest BCUT2D eigenvalue weighted by Gasteiger charge is 2.10. The summed E-state index contributed by atoms with van der Waals surface area (Å²) in [5.74, 6) is 0.644. The number of hydrogen-bond donors (Lipinski definition) is 0. The molecular weight excluding hydrogens is 314 g/mol. The Bertz CT molecular complexity index is 898. The molecule has 0 fully saturated rings. The summed E-state index contributed by atoms with van der Waals surface area (Å²) < 4.78 is 7.51. The van der Waals surface area contributed by atoms with Crippen molar-refractivity contribution in [2.45, 2.75) is 13.5 Å². The Morgan fingerprint density at radius 2 is 2.08 bits per heavy atom. The average Bonchev–Trinajstić information content (AvgIpc) is 2.98. The number of allylic oxidation sites excluding steroid dienone is 1. The predicted molar refractivity (Wildman–Crippen MR) is 96.3 cm³/mol.